The lowest BCUT2D eigenvalue weighted by molar-refractivity contribution is 0.383. The SMILES string of the molecule is Cc1c(N2C=C(c3ccccc3)N(C)[C@H]2C)cccc1N1C=CN(C)[C@@H]1C. The number of rotatable bonds is 3. The van der Waals surface area contributed by atoms with Gasteiger partial charge in [-0.2, -0.15) is 0 Å². The number of benzene rings is 2. The Balaban J connectivity index is 1.73. The van der Waals surface area contributed by atoms with Crippen LogP contribution >= 0.6 is 0 Å². The van der Waals surface area contributed by atoms with Crippen LogP contribution in [0.4, 0.5) is 11.4 Å². The van der Waals surface area contributed by atoms with E-state index in [1.165, 1.54) is 28.2 Å². The zero-order chi connectivity index (χ0) is 19.1. The van der Waals surface area contributed by atoms with E-state index >= 15 is 0 Å². The minimum absolute atomic E-state index is 0.267. The molecule has 0 amide bonds. The molecule has 2 atom stereocenters. The highest BCUT2D eigenvalue weighted by atomic mass is 15.4. The van der Waals surface area contributed by atoms with Gasteiger partial charge in [-0.05, 0) is 44.0 Å². The molecule has 4 heteroatoms. The van der Waals surface area contributed by atoms with Crippen LogP contribution in [0.2, 0.25) is 0 Å². The standard InChI is InChI=1S/C23H28N4/c1-17-21(26-15-14-24(4)18(26)2)12-9-13-22(17)27-16-23(25(5)19(27)3)20-10-7-6-8-11-20/h6-16,18-19H,1-5H3/t18-,19+/m0/s1. The summed E-state index contributed by atoms with van der Waals surface area (Å²) in [5.74, 6) is 0. The first-order valence-corrected chi connectivity index (χ1v) is 9.55. The van der Waals surface area contributed by atoms with Crippen molar-refractivity contribution in [1.29, 1.82) is 0 Å². The first-order valence-electron chi connectivity index (χ1n) is 9.55. The third kappa shape index (κ3) is 2.85. The minimum Gasteiger partial charge on any atom is -0.359 e. The smallest absolute Gasteiger partial charge is 0.103 e. The molecule has 4 rings (SSSR count). The second kappa shape index (κ2) is 6.69. The van der Waals surface area contributed by atoms with Gasteiger partial charge in [0.05, 0.1) is 5.70 Å². The summed E-state index contributed by atoms with van der Waals surface area (Å²) in [4.78, 5) is 9.29. The quantitative estimate of drug-likeness (QED) is 0.789. The topological polar surface area (TPSA) is 13.0 Å². The van der Waals surface area contributed by atoms with E-state index in [0.717, 1.165) is 0 Å². The molecule has 2 aliphatic rings. The summed E-state index contributed by atoms with van der Waals surface area (Å²) >= 11 is 0. The van der Waals surface area contributed by atoms with E-state index in [-0.39, 0.29) is 6.17 Å². The fraction of sp³-hybridized carbons (Fsp3) is 0.304. The molecule has 0 N–H and O–H groups in total. The van der Waals surface area contributed by atoms with Crippen molar-refractivity contribution < 1.29 is 0 Å². The Morgan fingerprint density at radius 3 is 2.04 bits per heavy atom. The summed E-state index contributed by atoms with van der Waals surface area (Å²) in [6.07, 6.45) is 7.18. The molecule has 0 saturated carbocycles. The lowest BCUT2D eigenvalue weighted by Gasteiger charge is -2.32. The van der Waals surface area contributed by atoms with Gasteiger partial charge in [0.1, 0.15) is 12.3 Å². The molecular formula is C23H28N4. The van der Waals surface area contributed by atoms with Gasteiger partial charge in [-0.1, -0.05) is 36.4 Å². The van der Waals surface area contributed by atoms with Crippen LogP contribution in [0.25, 0.3) is 5.70 Å². The molecule has 0 aliphatic carbocycles. The van der Waals surface area contributed by atoms with Gasteiger partial charge in [0, 0.05) is 44.1 Å². The summed E-state index contributed by atoms with van der Waals surface area (Å²) in [6.45, 7) is 6.71. The molecule has 0 aromatic heterocycles. The number of nitrogens with zero attached hydrogens (tertiary/aromatic N) is 4. The van der Waals surface area contributed by atoms with Gasteiger partial charge in [-0.3, -0.25) is 0 Å². The lowest BCUT2D eigenvalue weighted by atomic mass is 10.1. The normalized spacial score (nSPS) is 22.0. The van der Waals surface area contributed by atoms with Crippen LogP contribution in [0, 0.1) is 6.92 Å². The van der Waals surface area contributed by atoms with E-state index in [1.54, 1.807) is 0 Å². The maximum Gasteiger partial charge on any atom is 0.103 e. The van der Waals surface area contributed by atoms with Crippen molar-refractivity contribution in [2.45, 2.75) is 33.1 Å². The Morgan fingerprint density at radius 1 is 0.741 bits per heavy atom. The van der Waals surface area contributed by atoms with Crippen molar-refractivity contribution in [3.8, 4) is 0 Å². The minimum atomic E-state index is 0.267. The van der Waals surface area contributed by atoms with Crippen molar-refractivity contribution in [2.75, 3.05) is 23.9 Å². The van der Waals surface area contributed by atoms with Crippen molar-refractivity contribution in [3.63, 3.8) is 0 Å². The molecule has 2 heterocycles. The number of anilines is 2. The van der Waals surface area contributed by atoms with Crippen LogP contribution in [0.1, 0.15) is 25.0 Å². The van der Waals surface area contributed by atoms with Gasteiger partial charge >= 0.3 is 0 Å². The van der Waals surface area contributed by atoms with Crippen molar-refractivity contribution in [1.82, 2.24) is 9.80 Å². The highest BCUT2D eigenvalue weighted by molar-refractivity contribution is 5.76. The van der Waals surface area contributed by atoms with E-state index in [4.69, 9.17) is 0 Å². The molecule has 27 heavy (non-hydrogen) atoms. The molecule has 2 aliphatic heterocycles. The van der Waals surface area contributed by atoms with Crippen LogP contribution in [0.3, 0.4) is 0 Å². The van der Waals surface area contributed by atoms with Crippen molar-refractivity contribution in [3.05, 3.63) is 78.3 Å². The predicted molar refractivity (Wildman–Crippen MR) is 114 cm³/mol. The third-order valence-corrected chi connectivity index (χ3v) is 5.96. The van der Waals surface area contributed by atoms with Gasteiger partial charge < -0.3 is 19.6 Å². The molecule has 0 spiro atoms. The second-order valence-electron chi connectivity index (χ2n) is 7.45. The van der Waals surface area contributed by atoms with Crippen LogP contribution in [-0.2, 0) is 0 Å². The van der Waals surface area contributed by atoms with Gasteiger partial charge in [0.25, 0.3) is 0 Å². The second-order valence-corrected chi connectivity index (χ2v) is 7.45. The number of hydrogen-bond donors (Lipinski definition) is 0. The molecule has 2 aromatic carbocycles. The first-order chi connectivity index (χ1) is 13.0. The summed E-state index contributed by atoms with van der Waals surface area (Å²) < 4.78 is 0. The van der Waals surface area contributed by atoms with E-state index in [2.05, 4.69) is 122 Å². The molecular weight excluding hydrogens is 332 g/mol. The maximum absolute atomic E-state index is 2.38. The monoisotopic (exact) mass is 360 g/mol. The van der Waals surface area contributed by atoms with E-state index in [0.29, 0.717) is 6.17 Å². The van der Waals surface area contributed by atoms with Crippen LogP contribution in [-0.4, -0.2) is 36.2 Å². The molecule has 0 unspecified atom stereocenters. The van der Waals surface area contributed by atoms with Crippen molar-refractivity contribution >= 4 is 17.1 Å². The third-order valence-electron chi connectivity index (χ3n) is 5.96. The molecule has 0 radical (unpaired) electrons. The Hall–Kier alpha value is -2.88. The average molecular weight is 361 g/mol. The fourth-order valence-electron chi connectivity index (χ4n) is 3.95. The lowest BCUT2D eigenvalue weighted by Crippen LogP contribution is -2.36. The highest BCUT2D eigenvalue weighted by Crippen LogP contribution is 2.38. The summed E-state index contributed by atoms with van der Waals surface area (Å²) in [5, 5.41) is 0. The first kappa shape index (κ1) is 17.5. The Morgan fingerprint density at radius 2 is 1.41 bits per heavy atom. The van der Waals surface area contributed by atoms with Crippen LogP contribution < -0.4 is 9.80 Å². The Bertz CT molecular complexity index is 887. The summed E-state index contributed by atoms with van der Waals surface area (Å²) in [6, 6.07) is 17.2. The van der Waals surface area contributed by atoms with E-state index in [1.807, 2.05) is 0 Å². The Labute approximate surface area is 162 Å². The maximum atomic E-state index is 2.38. The van der Waals surface area contributed by atoms with Gasteiger partial charge in [-0.15, -0.1) is 0 Å². The molecule has 0 saturated heterocycles. The van der Waals surface area contributed by atoms with Gasteiger partial charge in [-0.25, -0.2) is 0 Å². The summed E-state index contributed by atoms with van der Waals surface area (Å²) in [5.41, 5.74) is 6.32. The Kier molecular flexibility index (Phi) is 4.34. The van der Waals surface area contributed by atoms with Gasteiger partial charge in [0.2, 0.25) is 0 Å². The largest absolute Gasteiger partial charge is 0.359 e. The molecule has 140 valence electrons. The van der Waals surface area contributed by atoms with E-state index < -0.39 is 0 Å². The number of hydrogen-bond acceptors (Lipinski definition) is 4. The molecule has 2 aromatic rings. The highest BCUT2D eigenvalue weighted by Gasteiger charge is 2.30. The summed E-state index contributed by atoms with van der Waals surface area (Å²) in [7, 11) is 4.29. The molecule has 0 fully saturated rings. The molecule has 4 nitrogen and oxygen atoms in total. The van der Waals surface area contributed by atoms with Crippen molar-refractivity contribution in [2.24, 2.45) is 0 Å². The van der Waals surface area contributed by atoms with E-state index in [9.17, 15) is 0 Å². The predicted octanol–water partition coefficient (Wildman–Crippen LogP) is 4.66. The molecule has 0 bridgehead atoms. The van der Waals surface area contributed by atoms with Gasteiger partial charge in [0.15, 0.2) is 0 Å². The van der Waals surface area contributed by atoms with Crippen LogP contribution in [0.5, 0.6) is 0 Å². The zero-order valence-electron chi connectivity index (χ0n) is 16.8. The fourth-order valence-corrected chi connectivity index (χ4v) is 3.95. The zero-order valence-corrected chi connectivity index (χ0v) is 16.8. The van der Waals surface area contributed by atoms with Crippen LogP contribution in [0.15, 0.2) is 67.1 Å². The average Bonchev–Trinajstić information content (AvgIpc) is 3.16.